The molecule has 1 aliphatic rings. The molecule has 0 aromatic heterocycles. The summed E-state index contributed by atoms with van der Waals surface area (Å²) in [6, 6.07) is 13.8. The molecule has 0 fully saturated rings. The molecule has 0 saturated heterocycles. The molecule has 0 radical (unpaired) electrons. The summed E-state index contributed by atoms with van der Waals surface area (Å²) in [7, 11) is 0. The number of hydrogen-bond acceptors (Lipinski definition) is 2. The first-order valence-electron chi connectivity index (χ1n) is 6.46. The summed E-state index contributed by atoms with van der Waals surface area (Å²) in [6.07, 6.45) is 1.65. The summed E-state index contributed by atoms with van der Waals surface area (Å²) < 4.78 is 0. The van der Waals surface area contributed by atoms with Crippen molar-refractivity contribution < 1.29 is 5.21 Å². The lowest BCUT2D eigenvalue weighted by molar-refractivity contribution is 0.317. The summed E-state index contributed by atoms with van der Waals surface area (Å²) in [5.41, 5.74) is 4.07. The van der Waals surface area contributed by atoms with Gasteiger partial charge < -0.3 is 5.21 Å². The Morgan fingerprint density at radius 3 is 2.60 bits per heavy atom. The lowest BCUT2D eigenvalue weighted by Gasteiger charge is -2.26. The van der Waals surface area contributed by atoms with Crippen LogP contribution in [0, 0.1) is 0 Å². The number of fused-ring (bicyclic) bond motifs is 1. The Bertz CT molecular complexity index is 682. The Morgan fingerprint density at radius 2 is 1.85 bits per heavy atom. The zero-order valence-electron chi connectivity index (χ0n) is 10.7. The second-order valence-electron chi connectivity index (χ2n) is 4.90. The Kier molecular flexibility index (Phi) is 3.68. The van der Waals surface area contributed by atoms with E-state index in [1.165, 1.54) is 5.56 Å². The molecule has 0 heterocycles. The molecule has 102 valence electrons. The van der Waals surface area contributed by atoms with E-state index in [1.54, 1.807) is 0 Å². The van der Waals surface area contributed by atoms with Crippen molar-refractivity contribution in [2.45, 2.75) is 18.8 Å². The van der Waals surface area contributed by atoms with Crippen LogP contribution in [0.1, 0.15) is 35.4 Å². The van der Waals surface area contributed by atoms with E-state index >= 15 is 0 Å². The maximum atomic E-state index is 9.12. The Balaban J connectivity index is 2.09. The minimum Gasteiger partial charge on any atom is -0.411 e. The average Bonchev–Trinajstić information content (AvgIpc) is 2.49. The van der Waals surface area contributed by atoms with E-state index in [-0.39, 0.29) is 5.92 Å². The van der Waals surface area contributed by atoms with Crippen LogP contribution in [-0.2, 0) is 0 Å². The maximum absolute atomic E-state index is 9.12. The molecule has 3 rings (SSSR count). The molecule has 0 saturated carbocycles. The van der Waals surface area contributed by atoms with Gasteiger partial charge in [0.15, 0.2) is 0 Å². The van der Waals surface area contributed by atoms with Crippen molar-refractivity contribution in [3.05, 3.63) is 69.2 Å². The summed E-state index contributed by atoms with van der Waals surface area (Å²) in [5.74, 6) is 0.256. The fourth-order valence-corrected chi connectivity index (χ4v) is 3.12. The maximum Gasteiger partial charge on any atom is 0.0871 e. The SMILES string of the molecule is ON=C1CC[C@@H](c2ccc(Cl)c(Cl)c2)c2ccccc21. The first-order valence-corrected chi connectivity index (χ1v) is 7.21. The molecule has 2 nitrogen and oxygen atoms in total. The lowest BCUT2D eigenvalue weighted by Crippen LogP contribution is -2.17. The van der Waals surface area contributed by atoms with Crippen LogP contribution in [0.5, 0.6) is 0 Å². The van der Waals surface area contributed by atoms with Crippen molar-refractivity contribution in [1.29, 1.82) is 0 Å². The molecule has 20 heavy (non-hydrogen) atoms. The summed E-state index contributed by atoms with van der Waals surface area (Å²) >= 11 is 12.1. The monoisotopic (exact) mass is 305 g/mol. The van der Waals surface area contributed by atoms with Crippen LogP contribution in [-0.4, -0.2) is 10.9 Å². The van der Waals surface area contributed by atoms with Gasteiger partial charge in [0.1, 0.15) is 0 Å². The second kappa shape index (κ2) is 5.47. The van der Waals surface area contributed by atoms with Gasteiger partial charge in [-0.05, 0) is 36.1 Å². The van der Waals surface area contributed by atoms with Crippen LogP contribution in [0.4, 0.5) is 0 Å². The highest BCUT2D eigenvalue weighted by molar-refractivity contribution is 6.42. The van der Waals surface area contributed by atoms with Gasteiger partial charge >= 0.3 is 0 Å². The van der Waals surface area contributed by atoms with Crippen molar-refractivity contribution in [3.63, 3.8) is 0 Å². The molecular weight excluding hydrogens is 293 g/mol. The van der Waals surface area contributed by atoms with Gasteiger partial charge in [-0.2, -0.15) is 0 Å². The van der Waals surface area contributed by atoms with Gasteiger partial charge in [0.25, 0.3) is 0 Å². The minimum atomic E-state index is 0.256. The fraction of sp³-hybridized carbons (Fsp3) is 0.188. The lowest BCUT2D eigenvalue weighted by atomic mass is 9.78. The highest BCUT2D eigenvalue weighted by Gasteiger charge is 2.25. The van der Waals surface area contributed by atoms with E-state index < -0.39 is 0 Å². The van der Waals surface area contributed by atoms with E-state index in [4.69, 9.17) is 28.4 Å². The second-order valence-corrected chi connectivity index (χ2v) is 5.71. The standard InChI is InChI=1S/C16H13Cl2NO/c17-14-7-5-10(9-15(14)18)11-6-8-16(19-20)13-4-2-1-3-12(11)13/h1-5,7,9,11,20H,6,8H2/t11-/m0/s1. The van der Waals surface area contributed by atoms with Gasteiger partial charge in [0.2, 0.25) is 0 Å². The predicted molar refractivity (Wildman–Crippen MR) is 82.3 cm³/mol. The summed E-state index contributed by atoms with van der Waals surface area (Å²) in [4.78, 5) is 0. The number of rotatable bonds is 1. The molecule has 1 atom stereocenters. The highest BCUT2D eigenvalue weighted by atomic mass is 35.5. The Morgan fingerprint density at radius 1 is 1.05 bits per heavy atom. The zero-order chi connectivity index (χ0) is 14.1. The first-order chi connectivity index (χ1) is 9.70. The Labute approximate surface area is 127 Å². The Hall–Kier alpha value is -1.51. The largest absolute Gasteiger partial charge is 0.411 e. The van der Waals surface area contributed by atoms with Crippen LogP contribution in [0.25, 0.3) is 0 Å². The zero-order valence-corrected chi connectivity index (χ0v) is 12.2. The van der Waals surface area contributed by atoms with Crippen LogP contribution in [0.3, 0.4) is 0 Å². The molecule has 1 N–H and O–H groups in total. The van der Waals surface area contributed by atoms with Crippen LogP contribution in [0.2, 0.25) is 10.0 Å². The highest BCUT2D eigenvalue weighted by Crippen LogP contribution is 2.38. The fourth-order valence-electron chi connectivity index (χ4n) is 2.81. The van der Waals surface area contributed by atoms with Gasteiger partial charge in [0.05, 0.1) is 15.8 Å². The smallest absolute Gasteiger partial charge is 0.0871 e. The summed E-state index contributed by atoms with van der Waals surface area (Å²) in [6.45, 7) is 0. The number of nitrogens with zero attached hydrogens (tertiary/aromatic N) is 1. The molecule has 0 aliphatic heterocycles. The van der Waals surface area contributed by atoms with Crippen LogP contribution < -0.4 is 0 Å². The minimum absolute atomic E-state index is 0.256. The molecular formula is C16H13Cl2NO. The van der Waals surface area contributed by atoms with Crippen molar-refractivity contribution >= 4 is 28.9 Å². The van der Waals surface area contributed by atoms with E-state index in [1.807, 2.05) is 36.4 Å². The van der Waals surface area contributed by atoms with Gasteiger partial charge in [-0.3, -0.25) is 0 Å². The number of benzene rings is 2. The molecule has 0 amide bonds. The van der Waals surface area contributed by atoms with Crippen LogP contribution in [0.15, 0.2) is 47.6 Å². The van der Waals surface area contributed by atoms with E-state index in [9.17, 15) is 0 Å². The normalized spacial score (nSPS) is 19.9. The van der Waals surface area contributed by atoms with Crippen molar-refractivity contribution in [2.75, 3.05) is 0 Å². The number of oxime groups is 1. The quantitative estimate of drug-likeness (QED) is 0.577. The van der Waals surface area contributed by atoms with Crippen molar-refractivity contribution in [3.8, 4) is 0 Å². The summed E-state index contributed by atoms with van der Waals surface area (Å²) in [5, 5.41) is 13.7. The molecule has 0 bridgehead atoms. The van der Waals surface area contributed by atoms with Crippen molar-refractivity contribution in [1.82, 2.24) is 0 Å². The third-order valence-electron chi connectivity index (χ3n) is 3.78. The molecule has 2 aromatic rings. The van der Waals surface area contributed by atoms with E-state index in [2.05, 4.69) is 11.2 Å². The molecule has 1 aliphatic carbocycles. The number of hydrogen-bond donors (Lipinski definition) is 1. The van der Waals surface area contributed by atoms with E-state index in [0.717, 1.165) is 29.7 Å². The molecule has 2 aromatic carbocycles. The van der Waals surface area contributed by atoms with Gasteiger partial charge in [-0.15, -0.1) is 0 Å². The van der Waals surface area contributed by atoms with Gasteiger partial charge in [-0.1, -0.05) is 58.7 Å². The molecule has 0 spiro atoms. The van der Waals surface area contributed by atoms with Crippen molar-refractivity contribution in [2.24, 2.45) is 5.16 Å². The topological polar surface area (TPSA) is 32.6 Å². The predicted octanol–water partition coefficient (Wildman–Crippen LogP) is 5.10. The average molecular weight is 306 g/mol. The first kappa shape index (κ1) is 13.5. The van der Waals surface area contributed by atoms with E-state index in [0.29, 0.717) is 10.0 Å². The van der Waals surface area contributed by atoms with Gasteiger partial charge in [0, 0.05) is 11.5 Å². The third-order valence-corrected chi connectivity index (χ3v) is 4.52. The number of halogens is 2. The molecule has 0 unspecified atom stereocenters. The van der Waals surface area contributed by atoms with Crippen LogP contribution >= 0.6 is 23.2 Å². The van der Waals surface area contributed by atoms with Gasteiger partial charge in [-0.25, -0.2) is 0 Å². The third kappa shape index (κ3) is 2.30. The molecule has 4 heteroatoms.